The van der Waals surface area contributed by atoms with E-state index in [2.05, 4.69) is 10.4 Å². The van der Waals surface area contributed by atoms with Crippen LogP contribution in [0, 0.1) is 6.92 Å². The predicted molar refractivity (Wildman–Crippen MR) is 87.1 cm³/mol. The van der Waals surface area contributed by atoms with Gasteiger partial charge >= 0.3 is 0 Å². The number of piperazine rings is 1. The van der Waals surface area contributed by atoms with Crippen molar-refractivity contribution in [1.82, 2.24) is 20.0 Å². The maximum absolute atomic E-state index is 12.4. The molecule has 1 aliphatic rings. The van der Waals surface area contributed by atoms with Gasteiger partial charge in [-0.05, 0) is 19.1 Å². The second-order valence-electron chi connectivity index (χ2n) is 5.22. The van der Waals surface area contributed by atoms with E-state index >= 15 is 0 Å². The molecule has 0 aliphatic carbocycles. The maximum atomic E-state index is 12.4. The second-order valence-corrected chi connectivity index (χ2v) is 5.22. The van der Waals surface area contributed by atoms with E-state index in [9.17, 15) is 9.59 Å². The Morgan fingerprint density at radius 3 is 2.41 bits per heavy atom. The number of H-pyrrole nitrogens is 1. The van der Waals surface area contributed by atoms with Crippen molar-refractivity contribution in [3.8, 4) is 5.69 Å². The van der Waals surface area contributed by atoms with Gasteiger partial charge in [-0.1, -0.05) is 17.7 Å². The smallest absolute Gasteiger partial charge is 0.272 e. The van der Waals surface area contributed by atoms with Gasteiger partial charge in [0.05, 0.1) is 5.69 Å². The van der Waals surface area contributed by atoms with E-state index < -0.39 is 0 Å². The molecule has 1 fully saturated rings. The molecule has 2 aromatic rings. The molecule has 118 valence electrons. The lowest BCUT2D eigenvalue weighted by Gasteiger charge is -2.26. The van der Waals surface area contributed by atoms with Crippen molar-refractivity contribution in [3.63, 3.8) is 0 Å². The number of nitrogens with one attached hydrogen (secondary N) is 2. The molecule has 0 unspecified atom stereocenters. The normalized spacial score (nSPS) is 14.5. The molecule has 7 heteroatoms. The summed E-state index contributed by atoms with van der Waals surface area (Å²) in [6.45, 7) is 4.89. The SMILES string of the molecule is Cc1ccc(-n2[nH]c(C(=O)N3CCNCC3)cc2=O)cc1.Cl. The Bertz CT molecular complexity index is 699. The van der Waals surface area contributed by atoms with Gasteiger partial charge in [0.1, 0.15) is 5.69 Å². The first kappa shape index (κ1) is 16.3. The Balaban J connectivity index is 0.00000176. The molecule has 3 rings (SSSR count). The van der Waals surface area contributed by atoms with E-state index in [1.54, 1.807) is 4.90 Å². The first-order valence-corrected chi connectivity index (χ1v) is 7.04. The largest absolute Gasteiger partial charge is 0.335 e. The number of aryl methyl sites for hydroxylation is 1. The number of carbonyl (C=O) groups is 1. The molecule has 0 spiro atoms. The van der Waals surface area contributed by atoms with Gasteiger partial charge in [0, 0.05) is 32.2 Å². The number of benzene rings is 1. The number of nitrogens with zero attached hydrogens (tertiary/aromatic N) is 2. The van der Waals surface area contributed by atoms with Gasteiger partial charge < -0.3 is 10.2 Å². The summed E-state index contributed by atoms with van der Waals surface area (Å²) in [5, 5.41) is 6.10. The Morgan fingerprint density at radius 2 is 1.77 bits per heavy atom. The summed E-state index contributed by atoms with van der Waals surface area (Å²) >= 11 is 0. The van der Waals surface area contributed by atoms with Gasteiger partial charge in [0.2, 0.25) is 0 Å². The van der Waals surface area contributed by atoms with Crippen molar-refractivity contribution in [2.75, 3.05) is 26.2 Å². The zero-order valence-corrected chi connectivity index (χ0v) is 13.2. The molecule has 1 aromatic carbocycles. The zero-order valence-electron chi connectivity index (χ0n) is 12.3. The molecular weight excluding hydrogens is 304 g/mol. The van der Waals surface area contributed by atoms with Crippen LogP contribution in [0.25, 0.3) is 5.69 Å². The highest BCUT2D eigenvalue weighted by Gasteiger charge is 2.20. The van der Waals surface area contributed by atoms with Gasteiger partial charge in [0.15, 0.2) is 0 Å². The van der Waals surface area contributed by atoms with Crippen LogP contribution in [0.5, 0.6) is 0 Å². The number of hydrogen-bond donors (Lipinski definition) is 2. The van der Waals surface area contributed by atoms with Crippen molar-refractivity contribution in [1.29, 1.82) is 0 Å². The van der Waals surface area contributed by atoms with Crippen LogP contribution in [0.15, 0.2) is 35.1 Å². The highest BCUT2D eigenvalue weighted by Crippen LogP contribution is 2.08. The molecule has 0 radical (unpaired) electrons. The fourth-order valence-corrected chi connectivity index (χ4v) is 2.43. The molecule has 0 bridgehead atoms. The van der Waals surface area contributed by atoms with Crippen LogP contribution in [0.1, 0.15) is 16.1 Å². The van der Waals surface area contributed by atoms with E-state index in [0.717, 1.165) is 24.3 Å². The molecule has 1 aliphatic heterocycles. The number of carbonyl (C=O) groups excluding carboxylic acids is 1. The predicted octanol–water partition coefficient (Wildman–Crippen LogP) is 0.941. The van der Waals surface area contributed by atoms with Gasteiger partial charge in [-0.15, -0.1) is 12.4 Å². The van der Waals surface area contributed by atoms with Crippen LogP contribution in [0.4, 0.5) is 0 Å². The van der Waals surface area contributed by atoms with E-state index in [1.807, 2.05) is 31.2 Å². The number of amides is 1. The topological polar surface area (TPSA) is 70.1 Å². The highest BCUT2D eigenvalue weighted by atomic mass is 35.5. The van der Waals surface area contributed by atoms with E-state index in [-0.39, 0.29) is 23.9 Å². The quantitative estimate of drug-likeness (QED) is 0.864. The molecular formula is C15H19ClN4O2. The third kappa shape index (κ3) is 3.23. The third-order valence-corrected chi connectivity index (χ3v) is 3.65. The average molecular weight is 323 g/mol. The third-order valence-electron chi connectivity index (χ3n) is 3.65. The number of aromatic nitrogens is 2. The van der Waals surface area contributed by atoms with Crippen LogP contribution in [0.3, 0.4) is 0 Å². The van der Waals surface area contributed by atoms with E-state index in [0.29, 0.717) is 18.8 Å². The molecule has 6 nitrogen and oxygen atoms in total. The lowest BCUT2D eigenvalue weighted by molar-refractivity contribution is 0.0729. The molecule has 2 heterocycles. The Hall–Kier alpha value is -2.05. The first-order valence-electron chi connectivity index (χ1n) is 7.04. The van der Waals surface area contributed by atoms with Crippen molar-refractivity contribution in [2.45, 2.75) is 6.92 Å². The maximum Gasteiger partial charge on any atom is 0.272 e. The summed E-state index contributed by atoms with van der Waals surface area (Å²) < 4.78 is 1.40. The van der Waals surface area contributed by atoms with Crippen LogP contribution in [0.2, 0.25) is 0 Å². The Kier molecular flexibility index (Phi) is 5.05. The minimum absolute atomic E-state index is 0. The van der Waals surface area contributed by atoms with Crippen LogP contribution in [-0.4, -0.2) is 46.8 Å². The van der Waals surface area contributed by atoms with Gasteiger partial charge in [-0.2, -0.15) is 0 Å². The summed E-state index contributed by atoms with van der Waals surface area (Å²) in [4.78, 5) is 26.2. The van der Waals surface area contributed by atoms with Crippen molar-refractivity contribution in [2.24, 2.45) is 0 Å². The Labute approximate surface area is 134 Å². The number of hydrogen-bond acceptors (Lipinski definition) is 3. The van der Waals surface area contributed by atoms with Crippen LogP contribution in [-0.2, 0) is 0 Å². The van der Waals surface area contributed by atoms with Crippen molar-refractivity contribution in [3.05, 3.63) is 51.9 Å². The number of aromatic amines is 1. The summed E-state index contributed by atoms with van der Waals surface area (Å²) in [6, 6.07) is 8.93. The number of halogens is 1. The molecule has 1 saturated heterocycles. The fraction of sp³-hybridized carbons (Fsp3) is 0.333. The van der Waals surface area contributed by atoms with Crippen molar-refractivity contribution >= 4 is 18.3 Å². The molecule has 0 saturated carbocycles. The number of rotatable bonds is 2. The first-order chi connectivity index (χ1) is 10.1. The summed E-state index contributed by atoms with van der Waals surface area (Å²) in [6.07, 6.45) is 0. The minimum atomic E-state index is -0.225. The molecule has 2 N–H and O–H groups in total. The molecule has 0 atom stereocenters. The second kappa shape index (κ2) is 6.81. The van der Waals surface area contributed by atoms with E-state index in [1.165, 1.54) is 10.7 Å². The van der Waals surface area contributed by atoms with E-state index in [4.69, 9.17) is 0 Å². The monoisotopic (exact) mass is 322 g/mol. The van der Waals surface area contributed by atoms with Gasteiger partial charge in [-0.3, -0.25) is 14.7 Å². The van der Waals surface area contributed by atoms with Crippen molar-refractivity contribution < 1.29 is 4.79 Å². The highest BCUT2D eigenvalue weighted by molar-refractivity contribution is 5.92. The fourth-order valence-electron chi connectivity index (χ4n) is 2.43. The summed E-state index contributed by atoms with van der Waals surface area (Å²) in [5.74, 6) is -0.125. The lowest BCUT2D eigenvalue weighted by Crippen LogP contribution is -2.46. The average Bonchev–Trinajstić information content (AvgIpc) is 2.90. The molecule has 1 amide bonds. The standard InChI is InChI=1S/C15H18N4O2.ClH/c1-11-2-4-12(5-3-11)19-14(20)10-13(17-19)15(21)18-8-6-16-7-9-18;/h2-5,10,16-17H,6-9H2,1H3;1H. The van der Waals surface area contributed by atoms with Gasteiger partial charge in [-0.25, -0.2) is 4.68 Å². The van der Waals surface area contributed by atoms with Crippen LogP contribution < -0.4 is 10.9 Å². The molecule has 1 aromatic heterocycles. The minimum Gasteiger partial charge on any atom is -0.335 e. The Morgan fingerprint density at radius 1 is 1.14 bits per heavy atom. The molecule has 22 heavy (non-hydrogen) atoms. The van der Waals surface area contributed by atoms with Gasteiger partial charge in [0.25, 0.3) is 11.5 Å². The lowest BCUT2D eigenvalue weighted by atomic mass is 10.2. The van der Waals surface area contributed by atoms with Crippen LogP contribution >= 0.6 is 12.4 Å². The zero-order chi connectivity index (χ0) is 14.8. The summed E-state index contributed by atoms with van der Waals surface area (Å²) in [5.41, 5.74) is 1.96. The summed E-state index contributed by atoms with van der Waals surface area (Å²) in [7, 11) is 0.